The van der Waals surface area contributed by atoms with Crippen LogP contribution in [0.4, 0.5) is 0 Å². The van der Waals surface area contributed by atoms with Crippen LogP contribution in [-0.2, 0) is 12.8 Å². The lowest BCUT2D eigenvalue weighted by Crippen LogP contribution is -2.23. The van der Waals surface area contributed by atoms with Crippen LogP contribution >= 0.6 is 0 Å². The quantitative estimate of drug-likeness (QED) is 0.589. The molecule has 1 aliphatic carbocycles. The molecule has 0 amide bonds. The van der Waals surface area contributed by atoms with E-state index in [1.54, 1.807) is 10.6 Å². The zero-order valence-corrected chi connectivity index (χ0v) is 14.2. The van der Waals surface area contributed by atoms with Gasteiger partial charge in [-0.2, -0.15) is 0 Å². The summed E-state index contributed by atoms with van der Waals surface area (Å²) in [6, 6.07) is 13.7. The molecule has 1 aliphatic rings. The molecule has 3 nitrogen and oxygen atoms in total. The van der Waals surface area contributed by atoms with Crippen molar-refractivity contribution in [1.82, 2.24) is 9.38 Å². The third-order valence-corrected chi connectivity index (χ3v) is 4.72. The first-order valence-corrected chi connectivity index (χ1v) is 8.92. The number of fused-ring (bicyclic) bond motifs is 2. The maximum atomic E-state index is 12.8. The molecule has 0 aliphatic heterocycles. The van der Waals surface area contributed by atoms with E-state index >= 15 is 0 Å². The molecule has 0 unspecified atom stereocenters. The molecule has 0 N–H and O–H groups in total. The first kappa shape index (κ1) is 15.7. The van der Waals surface area contributed by atoms with E-state index in [-0.39, 0.29) is 5.56 Å². The Morgan fingerprint density at radius 1 is 0.880 bits per heavy atom. The van der Waals surface area contributed by atoms with E-state index in [4.69, 9.17) is 4.98 Å². The summed E-state index contributed by atoms with van der Waals surface area (Å²) in [7, 11) is 0. The Balaban J connectivity index is 1.77. The van der Waals surface area contributed by atoms with Gasteiger partial charge in [0.15, 0.2) is 0 Å². The van der Waals surface area contributed by atoms with Crippen LogP contribution in [0, 0.1) is 11.8 Å². The summed E-state index contributed by atoms with van der Waals surface area (Å²) >= 11 is 0. The molecule has 2 aromatic heterocycles. The predicted molar refractivity (Wildman–Crippen MR) is 99.8 cm³/mol. The summed E-state index contributed by atoms with van der Waals surface area (Å²) in [5.41, 5.74) is 4.53. The average molecular weight is 328 g/mol. The zero-order valence-electron chi connectivity index (χ0n) is 14.2. The summed E-state index contributed by atoms with van der Waals surface area (Å²) in [6.45, 7) is 0. The van der Waals surface area contributed by atoms with Gasteiger partial charge in [-0.3, -0.25) is 9.20 Å². The normalized spacial score (nSPS) is 14.1. The number of aromatic nitrogens is 2. The average Bonchev–Trinajstić information content (AvgIpc) is 2.62. The lowest BCUT2D eigenvalue weighted by molar-refractivity contribution is 0.603. The Morgan fingerprint density at radius 3 is 2.48 bits per heavy atom. The number of rotatable bonds is 0. The summed E-state index contributed by atoms with van der Waals surface area (Å²) in [5, 5.41) is 0. The number of pyridine rings is 1. The van der Waals surface area contributed by atoms with E-state index in [2.05, 4.69) is 11.8 Å². The second-order valence-electron chi connectivity index (χ2n) is 6.52. The molecule has 2 heterocycles. The van der Waals surface area contributed by atoms with E-state index in [1.807, 2.05) is 42.5 Å². The Bertz CT molecular complexity index is 1020. The van der Waals surface area contributed by atoms with Gasteiger partial charge in [0, 0.05) is 22.9 Å². The number of benzene rings is 1. The summed E-state index contributed by atoms with van der Waals surface area (Å²) in [4.78, 5) is 17.6. The third-order valence-electron chi connectivity index (χ3n) is 4.72. The molecule has 124 valence electrons. The minimum absolute atomic E-state index is 0.0875. The Hall–Kier alpha value is -2.86. The highest BCUT2D eigenvalue weighted by atomic mass is 16.1. The van der Waals surface area contributed by atoms with Crippen LogP contribution in [-0.4, -0.2) is 9.38 Å². The standard InChI is InChI=1S/C22H20N2O/c25-22-19-10-6-1-2-7-11-20(19)23-21-16-18(14-15-24(21)22)13-12-17-8-4-3-5-9-17/h3-5,8-9,14-16H,1-2,6-7,10-11H2. The first-order chi connectivity index (χ1) is 12.3. The second kappa shape index (κ2) is 6.94. The first-order valence-electron chi connectivity index (χ1n) is 8.92. The molecular weight excluding hydrogens is 308 g/mol. The van der Waals surface area contributed by atoms with E-state index in [9.17, 15) is 4.79 Å². The minimum Gasteiger partial charge on any atom is -0.269 e. The molecule has 3 aromatic rings. The smallest absolute Gasteiger partial charge is 0.261 e. The maximum absolute atomic E-state index is 12.8. The number of aryl methyl sites for hydroxylation is 1. The Kier molecular flexibility index (Phi) is 4.35. The monoisotopic (exact) mass is 328 g/mol. The molecule has 4 rings (SSSR count). The molecule has 1 aromatic carbocycles. The third kappa shape index (κ3) is 3.34. The molecule has 25 heavy (non-hydrogen) atoms. The van der Waals surface area contributed by atoms with Crippen molar-refractivity contribution in [3.63, 3.8) is 0 Å². The van der Waals surface area contributed by atoms with Crippen LogP contribution in [0.15, 0.2) is 53.5 Å². The van der Waals surface area contributed by atoms with Gasteiger partial charge >= 0.3 is 0 Å². The van der Waals surface area contributed by atoms with Crippen molar-refractivity contribution in [2.45, 2.75) is 38.5 Å². The predicted octanol–water partition coefficient (Wildman–Crippen LogP) is 3.75. The van der Waals surface area contributed by atoms with Gasteiger partial charge in [0.05, 0.1) is 5.69 Å². The van der Waals surface area contributed by atoms with Gasteiger partial charge in [-0.1, -0.05) is 42.9 Å². The van der Waals surface area contributed by atoms with Crippen molar-refractivity contribution in [2.75, 3.05) is 0 Å². The van der Waals surface area contributed by atoms with E-state index in [0.29, 0.717) is 5.65 Å². The van der Waals surface area contributed by atoms with Crippen molar-refractivity contribution in [1.29, 1.82) is 0 Å². The molecule has 3 heteroatoms. The molecule has 0 radical (unpaired) electrons. The lowest BCUT2D eigenvalue weighted by Gasteiger charge is -2.13. The van der Waals surface area contributed by atoms with E-state index in [0.717, 1.165) is 48.1 Å². The van der Waals surface area contributed by atoms with Gasteiger partial charge < -0.3 is 0 Å². The van der Waals surface area contributed by atoms with Crippen LogP contribution in [0.3, 0.4) is 0 Å². The summed E-state index contributed by atoms with van der Waals surface area (Å²) in [6.07, 6.45) is 8.18. The van der Waals surface area contributed by atoms with Crippen molar-refractivity contribution < 1.29 is 0 Å². The fourth-order valence-corrected chi connectivity index (χ4v) is 3.37. The fourth-order valence-electron chi connectivity index (χ4n) is 3.37. The molecule has 0 atom stereocenters. The summed E-state index contributed by atoms with van der Waals surface area (Å²) < 4.78 is 1.66. The number of hydrogen-bond donors (Lipinski definition) is 0. The molecule has 0 bridgehead atoms. The largest absolute Gasteiger partial charge is 0.269 e. The van der Waals surface area contributed by atoms with Gasteiger partial charge in [0.25, 0.3) is 5.56 Å². The van der Waals surface area contributed by atoms with Crippen LogP contribution in [0.1, 0.15) is 48.1 Å². The highest BCUT2D eigenvalue weighted by Gasteiger charge is 2.14. The molecule has 0 spiro atoms. The SMILES string of the molecule is O=c1c2c(nc3cc(C#Cc4ccccc4)ccn13)CCCCCC2. The number of hydrogen-bond acceptors (Lipinski definition) is 2. The molecule has 0 fully saturated rings. The molecule has 0 saturated heterocycles. The molecular formula is C22H20N2O. The van der Waals surface area contributed by atoms with Crippen LogP contribution in [0.5, 0.6) is 0 Å². The Labute approximate surface area is 147 Å². The highest BCUT2D eigenvalue weighted by molar-refractivity contribution is 5.50. The second-order valence-corrected chi connectivity index (χ2v) is 6.52. The number of nitrogens with zero attached hydrogens (tertiary/aromatic N) is 2. The van der Waals surface area contributed by atoms with Gasteiger partial charge in [0.1, 0.15) is 5.65 Å². The zero-order chi connectivity index (χ0) is 17.1. The Morgan fingerprint density at radius 2 is 1.64 bits per heavy atom. The lowest BCUT2D eigenvalue weighted by atomic mass is 9.98. The topological polar surface area (TPSA) is 34.4 Å². The van der Waals surface area contributed by atoms with Gasteiger partial charge in [-0.25, -0.2) is 4.98 Å². The van der Waals surface area contributed by atoms with E-state index < -0.39 is 0 Å². The van der Waals surface area contributed by atoms with Crippen molar-refractivity contribution in [3.8, 4) is 11.8 Å². The fraction of sp³-hybridized carbons (Fsp3) is 0.273. The van der Waals surface area contributed by atoms with E-state index in [1.165, 1.54) is 12.8 Å². The minimum atomic E-state index is 0.0875. The maximum Gasteiger partial charge on any atom is 0.261 e. The highest BCUT2D eigenvalue weighted by Crippen LogP contribution is 2.17. The van der Waals surface area contributed by atoms with Crippen molar-refractivity contribution >= 4 is 5.65 Å². The van der Waals surface area contributed by atoms with Gasteiger partial charge in [0.2, 0.25) is 0 Å². The van der Waals surface area contributed by atoms with Crippen LogP contribution in [0.2, 0.25) is 0 Å². The van der Waals surface area contributed by atoms with Gasteiger partial charge in [-0.15, -0.1) is 0 Å². The van der Waals surface area contributed by atoms with Crippen molar-refractivity contribution in [2.24, 2.45) is 0 Å². The van der Waals surface area contributed by atoms with Gasteiger partial charge in [-0.05, 0) is 49.9 Å². The van der Waals surface area contributed by atoms with Crippen molar-refractivity contribution in [3.05, 3.63) is 81.4 Å². The van der Waals surface area contributed by atoms with Crippen LogP contribution < -0.4 is 5.56 Å². The molecule has 0 saturated carbocycles. The van der Waals surface area contributed by atoms with Crippen LogP contribution in [0.25, 0.3) is 5.65 Å². The summed E-state index contributed by atoms with van der Waals surface area (Å²) in [5.74, 6) is 6.33.